The molecule has 3 rings (SSSR count). The molecule has 1 heterocycles. The van der Waals surface area contributed by atoms with Crippen LogP contribution < -0.4 is 10.1 Å². The Hall–Kier alpha value is -2.54. The summed E-state index contributed by atoms with van der Waals surface area (Å²) in [6, 6.07) is 12.0. The second-order valence-corrected chi connectivity index (χ2v) is 7.02. The Bertz CT molecular complexity index is 798. The molecule has 1 amide bonds. The molecule has 0 saturated carbocycles. The topological polar surface area (TPSA) is 41.6 Å². The molecule has 2 aromatic rings. The summed E-state index contributed by atoms with van der Waals surface area (Å²) in [5, 5.41) is 2.64. The van der Waals surface area contributed by atoms with Gasteiger partial charge < -0.3 is 15.0 Å². The number of alkyl halides is 3. The highest BCUT2D eigenvalue weighted by molar-refractivity contribution is 5.92. The Labute approximate surface area is 162 Å². The third-order valence-electron chi connectivity index (χ3n) is 4.78. The number of carbonyl (C=O) groups is 1. The molecule has 28 heavy (non-hydrogen) atoms. The lowest BCUT2D eigenvalue weighted by Crippen LogP contribution is -2.35. The summed E-state index contributed by atoms with van der Waals surface area (Å²) < 4.78 is 45.1. The summed E-state index contributed by atoms with van der Waals surface area (Å²) in [5.74, 6) is 0.218. The van der Waals surface area contributed by atoms with E-state index >= 15 is 0 Å². The third kappa shape index (κ3) is 5.48. The van der Waals surface area contributed by atoms with Crippen molar-refractivity contribution < 1.29 is 22.7 Å². The minimum absolute atomic E-state index is 0.0466. The molecule has 7 heteroatoms. The average molecular weight is 392 g/mol. The molecule has 1 aliphatic rings. The molecule has 0 atom stereocenters. The number of halogens is 3. The minimum atomic E-state index is -4.48. The van der Waals surface area contributed by atoms with E-state index in [1.807, 2.05) is 0 Å². The van der Waals surface area contributed by atoms with Crippen LogP contribution in [0.5, 0.6) is 5.75 Å². The number of amides is 1. The van der Waals surface area contributed by atoms with Crippen LogP contribution >= 0.6 is 0 Å². The molecule has 0 aromatic heterocycles. The van der Waals surface area contributed by atoms with E-state index < -0.39 is 17.6 Å². The summed E-state index contributed by atoms with van der Waals surface area (Å²) in [6.45, 7) is 2.00. The maximum atomic E-state index is 13.0. The average Bonchev–Trinajstić information content (AvgIpc) is 2.65. The summed E-state index contributed by atoms with van der Waals surface area (Å²) >= 11 is 0. The van der Waals surface area contributed by atoms with Crippen molar-refractivity contribution in [2.45, 2.75) is 31.5 Å². The number of nitrogens with zero attached hydrogens (tertiary/aromatic N) is 1. The summed E-state index contributed by atoms with van der Waals surface area (Å²) in [5.41, 5.74) is -0.313. The van der Waals surface area contributed by atoms with Crippen LogP contribution in [-0.4, -0.2) is 37.0 Å². The molecular weight excluding hydrogens is 369 g/mol. The largest absolute Gasteiger partial charge is 0.490 e. The van der Waals surface area contributed by atoms with Crippen LogP contribution in [-0.2, 0) is 17.4 Å². The maximum absolute atomic E-state index is 13.0. The first-order valence-corrected chi connectivity index (χ1v) is 9.21. The monoisotopic (exact) mass is 392 g/mol. The molecule has 2 aromatic carbocycles. The van der Waals surface area contributed by atoms with Gasteiger partial charge in [-0.15, -0.1) is 0 Å². The number of piperidine rings is 1. The molecule has 0 unspecified atom stereocenters. The molecule has 1 aliphatic heterocycles. The van der Waals surface area contributed by atoms with E-state index in [2.05, 4.69) is 17.3 Å². The number of ether oxygens (including phenoxy) is 1. The van der Waals surface area contributed by atoms with Gasteiger partial charge in [-0.3, -0.25) is 4.79 Å². The fourth-order valence-corrected chi connectivity index (χ4v) is 3.24. The van der Waals surface area contributed by atoms with Crippen molar-refractivity contribution in [1.29, 1.82) is 0 Å². The van der Waals surface area contributed by atoms with Crippen LogP contribution in [0.25, 0.3) is 0 Å². The van der Waals surface area contributed by atoms with Gasteiger partial charge in [0.25, 0.3) is 0 Å². The number of hydrogen-bond acceptors (Lipinski definition) is 3. The SMILES string of the molecule is CN1CCC(Oc2ccc(NC(=O)Cc3ccccc3C(F)(F)F)cc2)CC1. The van der Waals surface area contributed by atoms with Gasteiger partial charge in [-0.2, -0.15) is 13.2 Å². The number of carbonyl (C=O) groups excluding carboxylic acids is 1. The van der Waals surface area contributed by atoms with Crippen LogP contribution in [0.3, 0.4) is 0 Å². The Morgan fingerprint density at radius 1 is 1.11 bits per heavy atom. The van der Waals surface area contributed by atoms with Gasteiger partial charge in [0.1, 0.15) is 11.9 Å². The molecular formula is C21H23F3N2O2. The van der Waals surface area contributed by atoms with Crippen molar-refractivity contribution in [1.82, 2.24) is 4.90 Å². The van der Waals surface area contributed by atoms with Gasteiger partial charge in [0.15, 0.2) is 0 Å². The molecule has 0 aliphatic carbocycles. The number of rotatable bonds is 5. The summed E-state index contributed by atoms with van der Waals surface area (Å²) in [7, 11) is 2.08. The smallest absolute Gasteiger partial charge is 0.416 e. The van der Waals surface area contributed by atoms with Crippen LogP contribution in [0.15, 0.2) is 48.5 Å². The van der Waals surface area contributed by atoms with E-state index in [9.17, 15) is 18.0 Å². The summed E-state index contributed by atoms with van der Waals surface area (Å²) in [4.78, 5) is 14.4. The Kier molecular flexibility index (Phi) is 6.24. The molecule has 0 radical (unpaired) electrons. The van der Waals surface area contributed by atoms with Crippen molar-refractivity contribution in [2.75, 3.05) is 25.5 Å². The van der Waals surface area contributed by atoms with Crippen molar-refractivity contribution in [3.8, 4) is 5.75 Å². The second kappa shape index (κ2) is 8.65. The molecule has 1 fully saturated rings. The number of benzene rings is 2. The lowest BCUT2D eigenvalue weighted by molar-refractivity contribution is -0.138. The molecule has 1 saturated heterocycles. The van der Waals surface area contributed by atoms with Gasteiger partial charge in [-0.05, 0) is 55.8 Å². The zero-order valence-electron chi connectivity index (χ0n) is 15.6. The van der Waals surface area contributed by atoms with Crippen LogP contribution in [0, 0.1) is 0 Å². The fraction of sp³-hybridized carbons (Fsp3) is 0.381. The van der Waals surface area contributed by atoms with Crippen LogP contribution in [0.1, 0.15) is 24.0 Å². The van der Waals surface area contributed by atoms with Gasteiger partial charge in [0, 0.05) is 18.8 Å². The molecule has 4 nitrogen and oxygen atoms in total. The predicted octanol–water partition coefficient (Wildman–Crippen LogP) is 4.36. The predicted molar refractivity (Wildman–Crippen MR) is 101 cm³/mol. The minimum Gasteiger partial charge on any atom is -0.490 e. The Balaban J connectivity index is 1.56. The van der Waals surface area contributed by atoms with E-state index in [-0.39, 0.29) is 18.1 Å². The van der Waals surface area contributed by atoms with E-state index in [0.717, 1.165) is 37.7 Å². The lowest BCUT2D eigenvalue weighted by atomic mass is 10.0. The molecule has 0 spiro atoms. The quantitative estimate of drug-likeness (QED) is 0.822. The van der Waals surface area contributed by atoms with Crippen molar-refractivity contribution in [3.63, 3.8) is 0 Å². The highest BCUT2D eigenvalue weighted by Gasteiger charge is 2.33. The second-order valence-electron chi connectivity index (χ2n) is 7.02. The van der Waals surface area contributed by atoms with E-state index in [4.69, 9.17) is 4.74 Å². The van der Waals surface area contributed by atoms with Crippen LogP contribution in [0.2, 0.25) is 0 Å². The Morgan fingerprint density at radius 3 is 2.39 bits per heavy atom. The number of anilines is 1. The van der Waals surface area contributed by atoms with Gasteiger partial charge in [0.2, 0.25) is 5.91 Å². The van der Waals surface area contributed by atoms with Gasteiger partial charge in [-0.1, -0.05) is 18.2 Å². The molecule has 150 valence electrons. The number of likely N-dealkylation sites (tertiary alicyclic amines) is 1. The zero-order valence-corrected chi connectivity index (χ0v) is 15.6. The van der Waals surface area contributed by atoms with Gasteiger partial charge >= 0.3 is 6.18 Å². The standard InChI is InChI=1S/C21H23F3N2O2/c1-26-12-10-18(11-13-26)28-17-8-6-16(7-9-17)25-20(27)14-15-4-2-3-5-19(15)21(22,23)24/h2-9,18H,10-14H2,1H3,(H,25,27). The van der Waals surface area contributed by atoms with Gasteiger partial charge in [-0.25, -0.2) is 0 Å². The first kappa shape index (κ1) is 20.2. The number of hydrogen-bond donors (Lipinski definition) is 1. The third-order valence-corrected chi connectivity index (χ3v) is 4.78. The first-order chi connectivity index (χ1) is 13.3. The van der Waals surface area contributed by atoms with Crippen LogP contribution in [0.4, 0.5) is 18.9 Å². The van der Waals surface area contributed by atoms with E-state index in [1.54, 1.807) is 24.3 Å². The molecule has 1 N–H and O–H groups in total. The fourth-order valence-electron chi connectivity index (χ4n) is 3.24. The zero-order chi connectivity index (χ0) is 20.1. The van der Waals surface area contributed by atoms with Gasteiger partial charge in [0.05, 0.1) is 12.0 Å². The van der Waals surface area contributed by atoms with Crippen molar-refractivity contribution in [3.05, 3.63) is 59.7 Å². The number of nitrogens with one attached hydrogen (secondary N) is 1. The summed E-state index contributed by atoms with van der Waals surface area (Å²) in [6.07, 6.45) is -2.72. The van der Waals surface area contributed by atoms with Crippen molar-refractivity contribution >= 4 is 11.6 Å². The first-order valence-electron chi connectivity index (χ1n) is 9.21. The maximum Gasteiger partial charge on any atom is 0.416 e. The highest BCUT2D eigenvalue weighted by Crippen LogP contribution is 2.32. The highest BCUT2D eigenvalue weighted by atomic mass is 19.4. The normalized spacial score (nSPS) is 16.0. The molecule has 0 bridgehead atoms. The van der Waals surface area contributed by atoms with E-state index in [0.29, 0.717) is 5.69 Å². The van der Waals surface area contributed by atoms with Crippen molar-refractivity contribution in [2.24, 2.45) is 0 Å². The lowest BCUT2D eigenvalue weighted by Gasteiger charge is -2.29. The Morgan fingerprint density at radius 2 is 1.75 bits per heavy atom. The van der Waals surface area contributed by atoms with E-state index in [1.165, 1.54) is 18.2 Å².